The van der Waals surface area contributed by atoms with Gasteiger partial charge in [0, 0.05) is 24.7 Å². The molecule has 2 heterocycles. The van der Waals surface area contributed by atoms with Crippen LogP contribution in [0.5, 0.6) is 0 Å². The molecule has 0 spiro atoms. The van der Waals surface area contributed by atoms with Gasteiger partial charge in [-0.3, -0.25) is 4.68 Å². The predicted octanol–water partition coefficient (Wildman–Crippen LogP) is 1.47. The summed E-state index contributed by atoms with van der Waals surface area (Å²) in [6, 6.07) is 8.72. The van der Waals surface area contributed by atoms with E-state index in [1.165, 1.54) is 6.20 Å². The molecule has 0 aliphatic heterocycles. The number of hydrogen-bond donors (Lipinski definition) is 2. The normalized spacial score (nSPS) is 13.2. The number of fused-ring (bicyclic) bond motifs is 1. The molecule has 3 aromatic rings. The number of benzene rings is 1. The highest BCUT2D eigenvalue weighted by Crippen LogP contribution is 2.19. The van der Waals surface area contributed by atoms with Gasteiger partial charge in [-0.1, -0.05) is 29.8 Å². The van der Waals surface area contributed by atoms with E-state index in [0.717, 1.165) is 11.1 Å². The third kappa shape index (κ3) is 3.77. The Morgan fingerprint density at radius 1 is 1.23 bits per heavy atom. The topological polar surface area (TPSA) is 97.1 Å². The number of hydrogen-bond acceptors (Lipinski definition) is 5. The molecule has 0 bridgehead atoms. The van der Waals surface area contributed by atoms with Gasteiger partial charge in [-0.15, -0.1) is 0 Å². The van der Waals surface area contributed by atoms with E-state index in [1.807, 2.05) is 38.1 Å². The van der Waals surface area contributed by atoms with Gasteiger partial charge in [0.25, 0.3) is 0 Å². The van der Waals surface area contributed by atoms with Crippen molar-refractivity contribution >= 4 is 21.1 Å². The first-order valence-electron chi connectivity index (χ1n) is 8.28. The van der Waals surface area contributed by atoms with Crippen LogP contribution in [0.2, 0.25) is 0 Å². The summed E-state index contributed by atoms with van der Waals surface area (Å²) in [4.78, 5) is 4.27. The van der Waals surface area contributed by atoms with Crippen molar-refractivity contribution in [2.75, 3.05) is 6.61 Å². The Morgan fingerprint density at radius 3 is 2.58 bits per heavy atom. The fourth-order valence-corrected chi connectivity index (χ4v) is 4.07. The molecule has 2 N–H and O–H groups in total. The standard InChI is InChI=1S/C18H22N4O3S/c1-12-4-6-14(7-5-12)8-15(11-23)21-26(24,25)16-9-17-13(2)20-22(3)18(17)19-10-16/h4-7,9-10,15,21,23H,8,11H2,1-3H3. The quantitative estimate of drug-likeness (QED) is 0.681. The summed E-state index contributed by atoms with van der Waals surface area (Å²) in [5.41, 5.74) is 3.42. The summed E-state index contributed by atoms with van der Waals surface area (Å²) in [7, 11) is -2.05. The number of nitrogens with one attached hydrogen (secondary N) is 1. The minimum absolute atomic E-state index is 0.0588. The highest BCUT2D eigenvalue weighted by atomic mass is 32.2. The van der Waals surface area contributed by atoms with E-state index in [2.05, 4.69) is 14.8 Å². The zero-order valence-corrected chi connectivity index (χ0v) is 15.8. The highest BCUT2D eigenvalue weighted by Gasteiger charge is 2.22. The van der Waals surface area contributed by atoms with Crippen molar-refractivity contribution in [2.24, 2.45) is 7.05 Å². The maximum Gasteiger partial charge on any atom is 0.242 e. The molecule has 3 rings (SSSR count). The van der Waals surface area contributed by atoms with Gasteiger partial charge in [0.15, 0.2) is 5.65 Å². The van der Waals surface area contributed by atoms with Crippen LogP contribution in [0.1, 0.15) is 16.8 Å². The maximum absolute atomic E-state index is 12.7. The lowest BCUT2D eigenvalue weighted by Crippen LogP contribution is -2.39. The molecule has 0 saturated heterocycles. The lowest BCUT2D eigenvalue weighted by Gasteiger charge is -2.16. The molecule has 0 aliphatic carbocycles. The van der Waals surface area contributed by atoms with Crippen LogP contribution in [0, 0.1) is 13.8 Å². The average molecular weight is 374 g/mol. The highest BCUT2D eigenvalue weighted by molar-refractivity contribution is 7.89. The van der Waals surface area contributed by atoms with Crippen LogP contribution >= 0.6 is 0 Å². The largest absolute Gasteiger partial charge is 0.395 e. The first-order valence-corrected chi connectivity index (χ1v) is 9.76. The fraction of sp³-hybridized carbons (Fsp3) is 0.333. The Balaban J connectivity index is 1.84. The molecule has 1 unspecified atom stereocenters. The Bertz CT molecular complexity index is 1030. The molecule has 8 heteroatoms. The van der Waals surface area contributed by atoms with E-state index in [9.17, 15) is 13.5 Å². The molecule has 7 nitrogen and oxygen atoms in total. The second kappa shape index (κ2) is 7.14. The third-order valence-corrected chi connectivity index (χ3v) is 5.78. The second-order valence-electron chi connectivity index (χ2n) is 6.44. The van der Waals surface area contributed by atoms with Gasteiger partial charge in [-0.25, -0.2) is 18.1 Å². The molecule has 138 valence electrons. The van der Waals surface area contributed by atoms with Gasteiger partial charge in [-0.2, -0.15) is 5.10 Å². The Hall–Kier alpha value is -2.29. The SMILES string of the molecule is Cc1ccc(CC(CO)NS(=O)(=O)c2cnc3c(c2)c(C)nn3C)cc1. The molecule has 1 aromatic carbocycles. The molecule has 0 fully saturated rings. The van der Waals surface area contributed by atoms with E-state index in [-0.39, 0.29) is 11.5 Å². The van der Waals surface area contributed by atoms with E-state index in [4.69, 9.17) is 0 Å². The minimum atomic E-state index is -3.81. The van der Waals surface area contributed by atoms with Crippen LogP contribution in [-0.4, -0.2) is 40.9 Å². The molecule has 0 radical (unpaired) electrons. The van der Waals surface area contributed by atoms with E-state index < -0.39 is 16.1 Å². The number of aliphatic hydroxyl groups is 1. The van der Waals surface area contributed by atoms with Crippen LogP contribution in [0.25, 0.3) is 11.0 Å². The Morgan fingerprint density at radius 2 is 1.92 bits per heavy atom. The lowest BCUT2D eigenvalue weighted by molar-refractivity contribution is 0.256. The average Bonchev–Trinajstić information content (AvgIpc) is 2.90. The summed E-state index contributed by atoms with van der Waals surface area (Å²) in [5, 5.41) is 14.6. The monoisotopic (exact) mass is 374 g/mol. The van der Waals surface area contributed by atoms with Crippen LogP contribution < -0.4 is 4.72 Å². The number of nitrogens with zero attached hydrogens (tertiary/aromatic N) is 3. The summed E-state index contributed by atoms with van der Waals surface area (Å²) < 4.78 is 29.6. The van der Waals surface area contributed by atoms with Crippen molar-refractivity contribution in [1.29, 1.82) is 0 Å². The van der Waals surface area contributed by atoms with E-state index >= 15 is 0 Å². The Labute approximate surface area is 152 Å². The van der Waals surface area contributed by atoms with Gasteiger partial charge in [0.05, 0.1) is 12.3 Å². The first-order chi connectivity index (χ1) is 12.3. The van der Waals surface area contributed by atoms with Gasteiger partial charge >= 0.3 is 0 Å². The number of pyridine rings is 1. The summed E-state index contributed by atoms with van der Waals surface area (Å²) in [6.45, 7) is 3.50. The third-order valence-electron chi connectivity index (χ3n) is 4.29. The zero-order chi connectivity index (χ0) is 18.9. The molecular weight excluding hydrogens is 352 g/mol. The number of aryl methyl sites for hydroxylation is 3. The lowest BCUT2D eigenvalue weighted by atomic mass is 10.1. The van der Waals surface area contributed by atoms with E-state index in [1.54, 1.807) is 17.8 Å². The molecule has 0 amide bonds. The molecule has 1 atom stereocenters. The Kier molecular flexibility index (Phi) is 5.08. The zero-order valence-electron chi connectivity index (χ0n) is 15.0. The molecule has 2 aromatic heterocycles. The van der Waals surface area contributed by atoms with Crippen molar-refractivity contribution in [3.05, 3.63) is 53.3 Å². The van der Waals surface area contributed by atoms with Crippen LogP contribution in [0.4, 0.5) is 0 Å². The van der Waals surface area contributed by atoms with Gasteiger partial charge in [-0.05, 0) is 31.9 Å². The van der Waals surface area contributed by atoms with Crippen molar-refractivity contribution in [2.45, 2.75) is 31.2 Å². The van der Waals surface area contributed by atoms with E-state index in [0.29, 0.717) is 23.1 Å². The molecule has 0 aliphatic rings. The number of aliphatic hydroxyl groups excluding tert-OH is 1. The van der Waals surface area contributed by atoms with Crippen LogP contribution in [0.15, 0.2) is 41.4 Å². The van der Waals surface area contributed by atoms with Crippen molar-refractivity contribution in [3.63, 3.8) is 0 Å². The van der Waals surface area contributed by atoms with Gasteiger partial charge < -0.3 is 5.11 Å². The predicted molar refractivity (Wildman–Crippen MR) is 99.3 cm³/mol. The number of aromatic nitrogens is 3. The van der Waals surface area contributed by atoms with Crippen molar-refractivity contribution < 1.29 is 13.5 Å². The smallest absolute Gasteiger partial charge is 0.242 e. The minimum Gasteiger partial charge on any atom is -0.395 e. The van der Waals surface area contributed by atoms with Gasteiger partial charge in [0.2, 0.25) is 10.0 Å². The van der Waals surface area contributed by atoms with Crippen molar-refractivity contribution in [3.8, 4) is 0 Å². The second-order valence-corrected chi connectivity index (χ2v) is 8.16. The molecule has 26 heavy (non-hydrogen) atoms. The maximum atomic E-state index is 12.7. The summed E-state index contributed by atoms with van der Waals surface area (Å²) in [6.07, 6.45) is 1.71. The summed E-state index contributed by atoms with van der Waals surface area (Å²) >= 11 is 0. The number of rotatable bonds is 6. The van der Waals surface area contributed by atoms with Crippen molar-refractivity contribution in [1.82, 2.24) is 19.5 Å². The number of sulfonamides is 1. The fourth-order valence-electron chi connectivity index (χ4n) is 2.88. The summed E-state index contributed by atoms with van der Waals surface area (Å²) in [5.74, 6) is 0. The van der Waals surface area contributed by atoms with Crippen LogP contribution in [-0.2, 0) is 23.5 Å². The van der Waals surface area contributed by atoms with Crippen LogP contribution in [0.3, 0.4) is 0 Å². The molecule has 0 saturated carbocycles. The van der Waals surface area contributed by atoms with Gasteiger partial charge in [0.1, 0.15) is 4.90 Å². The first kappa shape index (κ1) is 18.5. The molecular formula is C18H22N4O3S.